The van der Waals surface area contributed by atoms with E-state index in [-0.39, 0.29) is 17.4 Å². The lowest BCUT2D eigenvalue weighted by atomic mass is 9.97. The largest absolute Gasteiger partial charge is 0.467 e. The van der Waals surface area contributed by atoms with Gasteiger partial charge < -0.3 is 15.4 Å². The van der Waals surface area contributed by atoms with Gasteiger partial charge in [0.15, 0.2) is 5.72 Å². The molecular formula is C18H25N3O3. The molecule has 0 atom stereocenters. The second-order valence-corrected chi connectivity index (χ2v) is 7.62. The van der Waals surface area contributed by atoms with Crippen molar-refractivity contribution in [3.63, 3.8) is 0 Å². The third kappa shape index (κ3) is 3.70. The summed E-state index contributed by atoms with van der Waals surface area (Å²) in [5, 5.41) is 5.99. The third-order valence-electron chi connectivity index (χ3n) is 4.32. The summed E-state index contributed by atoms with van der Waals surface area (Å²) >= 11 is 0. The number of para-hydroxylation sites is 1. The molecule has 2 N–H and O–H groups in total. The van der Waals surface area contributed by atoms with Crippen molar-refractivity contribution in [1.82, 2.24) is 15.5 Å². The normalized spacial score (nSPS) is 20.0. The van der Waals surface area contributed by atoms with Gasteiger partial charge in [-0.3, -0.25) is 14.5 Å². The summed E-state index contributed by atoms with van der Waals surface area (Å²) in [5.41, 5.74) is -0.296. The van der Waals surface area contributed by atoms with Crippen LogP contribution < -0.4 is 15.4 Å². The number of amides is 2. The van der Waals surface area contributed by atoms with Crippen molar-refractivity contribution >= 4 is 11.8 Å². The van der Waals surface area contributed by atoms with E-state index in [0.29, 0.717) is 43.8 Å². The zero-order chi connectivity index (χ0) is 17.4. The van der Waals surface area contributed by atoms with Gasteiger partial charge in [-0.1, -0.05) is 12.1 Å². The van der Waals surface area contributed by atoms with Crippen LogP contribution in [-0.2, 0) is 4.79 Å². The topological polar surface area (TPSA) is 70.7 Å². The van der Waals surface area contributed by atoms with Gasteiger partial charge in [0.2, 0.25) is 5.91 Å². The lowest BCUT2D eigenvalue weighted by Gasteiger charge is -2.44. The number of ether oxygens (including phenoxy) is 1. The number of hydrogen-bond donors (Lipinski definition) is 2. The molecule has 1 aromatic carbocycles. The van der Waals surface area contributed by atoms with Crippen molar-refractivity contribution in [1.29, 1.82) is 0 Å². The maximum Gasteiger partial charge on any atom is 0.258 e. The second-order valence-electron chi connectivity index (χ2n) is 7.62. The highest BCUT2D eigenvalue weighted by molar-refractivity contribution is 5.98. The maximum absolute atomic E-state index is 12.3. The Hall–Kier alpha value is -2.08. The number of carbonyl (C=O) groups is 2. The summed E-state index contributed by atoms with van der Waals surface area (Å²) in [4.78, 5) is 26.5. The summed E-state index contributed by atoms with van der Waals surface area (Å²) in [7, 11) is 0. The van der Waals surface area contributed by atoms with Crippen LogP contribution in [0.5, 0.6) is 5.75 Å². The van der Waals surface area contributed by atoms with E-state index in [0.717, 1.165) is 0 Å². The van der Waals surface area contributed by atoms with Gasteiger partial charge in [0, 0.05) is 31.5 Å². The Morgan fingerprint density at radius 3 is 2.62 bits per heavy atom. The van der Waals surface area contributed by atoms with Crippen molar-refractivity contribution in [2.75, 3.05) is 19.6 Å². The molecule has 0 aliphatic carbocycles. The standard InChI is InChI=1S/C18H25N3O3/c1-17(2,3)19-15(22)12-21-10-8-18(9-11-21)20-16(23)13-6-4-5-7-14(13)24-18/h4-7H,8-12H2,1-3H3,(H,19,22)(H,20,23). The Labute approximate surface area is 142 Å². The van der Waals surface area contributed by atoms with Crippen LogP contribution in [0.1, 0.15) is 44.0 Å². The van der Waals surface area contributed by atoms with Gasteiger partial charge in [0.05, 0.1) is 12.1 Å². The average Bonchev–Trinajstić information content (AvgIpc) is 2.48. The number of carbonyl (C=O) groups excluding carboxylic acids is 2. The zero-order valence-corrected chi connectivity index (χ0v) is 14.5. The van der Waals surface area contributed by atoms with Gasteiger partial charge in [0.1, 0.15) is 5.75 Å². The molecule has 0 aromatic heterocycles. The van der Waals surface area contributed by atoms with Gasteiger partial charge >= 0.3 is 0 Å². The van der Waals surface area contributed by atoms with Crippen LogP contribution in [-0.4, -0.2) is 47.6 Å². The molecule has 0 saturated carbocycles. The number of benzene rings is 1. The number of nitrogens with zero attached hydrogens (tertiary/aromatic N) is 1. The van der Waals surface area contributed by atoms with Crippen molar-refractivity contribution in [3.8, 4) is 5.75 Å². The minimum atomic E-state index is -0.650. The molecule has 2 aliphatic heterocycles. The highest BCUT2D eigenvalue weighted by atomic mass is 16.5. The summed E-state index contributed by atoms with van der Waals surface area (Å²) < 4.78 is 6.11. The molecule has 130 valence electrons. The predicted octanol–water partition coefficient (Wildman–Crippen LogP) is 1.52. The van der Waals surface area contributed by atoms with Gasteiger partial charge in [-0.2, -0.15) is 0 Å². The van der Waals surface area contributed by atoms with Crippen molar-refractivity contribution in [2.45, 2.75) is 44.9 Å². The van der Waals surface area contributed by atoms with Crippen LogP contribution in [0.25, 0.3) is 0 Å². The minimum absolute atomic E-state index is 0.0254. The molecule has 3 rings (SSSR count). The maximum atomic E-state index is 12.3. The molecule has 2 heterocycles. The average molecular weight is 331 g/mol. The quantitative estimate of drug-likeness (QED) is 0.862. The van der Waals surface area contributed by atoms with Crippen LogP contribution in [0.2, 0.25) is 0 Å². The van der Waals surface area contributed by atoms with Crippen LogP contribution in [0.3, 0.4) is 0 Å². The van der Waals surface area contributed by atoms with E-state index in [4.69, 9.17) is 4.74 Å². The molecule has 0 unspecified atom stereocenters. The zero-order valence-electron chi connectivity index (χ0n) is 14.5. The summed E-state index contributed by atoms with van der Waals surface area (Å²) in [6.07, 6.45) is 1.33. The lowest BCUT2D eigenvalue weighted by Crippen LogP contribution is -2.61. The van der Waals surface area contributed by atoms with Crippen LogP contribution >= 0.6 is 0 Å². The summed E-state index contributed by atoms with van der Waals surface area (Å²) in [6.45, 7) is 7.70. The predicted molar refractivity (Wildman–Crippen MR) is 90.8 cm³/mol. The monoisotopic (exact) mass is 331 g/mol. The van der Waals surface area contributed by atoms with E-state index < -0.39 is 5.72 Å². The van der Waals surface area contributed by atoms with Crippen molar-refractivity contribution in [3.05, 3.63) is 29.8 Å². The number of nitrogens with one attached hydrogen (secondary N) is 2. The Balaban J connectivity index is 1.59. The molecule has 1 aromatic rings. The van der Waals surface area contributed by atoms with Gasteiger partial charge in [0.25, 0.3) is 5.91 Å². The first-order valence-electron chi connectivity index (χ1n) is 8.40. The third-order valence-corrected chi connectivity index (χ3v) is 4.32. The highest BCUT2D eigenvalue weighted by Crippen LogP contribution is 2.33. The molecular weight excluding hydrogens is 306 g/mol. The molecule has 24 heavy (non-hydrogen) atoms. The van der Waals surface area contributed by atoms with Crippen LogP contribution in [0.15, 0.2) is 24.3 Å². The van der Waals surface area contributed by atoms with E-state index in [2.05, 4.69) is 15.5 Å². The fraction of sp³-hybridized carbons (Fsp3) is 0.556. The van der Waals surface area contributed by atoms with E-state index in [9.17, 15) is 9.59 Å². The molecule has 1 saturated heterocycles. The summed E-state index contributed by atoms with van der Waals surface area (Å²) in [6, 6.07) is 7.30. The first kappa shape index (κ1) is 16.8. The number of likely N-dealkylation sites (tertiary alicyclic amines) is 1. The number of piperidine rings is 1. The van der Waals surface area contributed by atoms with Gasteiger partial charge in [-0.15, -0.1) is 0 Å². The highest BCUT2D eigenvalue weighted by Gasteiger charge is 2.42. The van der Waals surface area contributed by atoms with Crippen molar-refractivity contribution in [2.24, 2.45) is 0 Å². The number of rotatable bonds is 2. The fourth-order valence-electron chi connectivity index (χ4n) is 3.21. The Kier molecular flexibility index (Phi) is 4.25. The van der Waals surface area contributed by atoms with Crippen LogP contribution in [0, 0.1) is 0 Å². The first-order valence-corrected chi connectivity index (χ1v) is 8.40. The molecule has 1 spiro atoms. The Morgan fingerprint density at radius 1 is 1.29 bits per heavy atom. The molecule has 2 aliphatic rings. The molecule has 6 heteroatoms. The fourth-order valence-corrected chi connectivity index (χ4v) is 3.21. The molecule has 2 amide bonds. The Morgan fingerprint density at radius 2 is 1.96 bits per heavy atom. The van der Waals surface area contributed by atoms with Crippen molar-refractivity contribution < 1.29 is 14.3 Å². The van der Waals surface area contributed by atoms with E-state index >= 15 is 0 Å². The Bertz CT molecular complexity index is 643. The van der Waals surface area contributed by atoms with E-state index in [1.54, 1.807) is 6.07 Å². The lowest BCUT2D eigenvalue weighted by molar-refractivity contribution is -0.125. The SMILES string of the molecule is CC(C)(C)NC(=O)CN1CCC2(CC1)NC(=O)c1ccccc1O2. The molecule has 6 nitrogen and oxygen atoms in total. The number of hydrogen-bond acceptors (Lipinski definition) is 4. The molecule has 1 fully saturated rings. The summed E-state index contributed by atoms with van der Waals surface area (Å²) in [5.74, 6) is 0.577. The van der Waals surface area contributed by atoms with Crippen LogP contribution in [0.4, 0.5) is 0 Å². The van der Waals surface area contributed by atoms with Gasteiger partial charge in [-0.25, -0.2) is 0 Å². The van der Waals surface area contributed by atoms with E-state index in [1.807, 2.05) is 39.0 Å². The second kappa shape index (κ2) is 6.09. The smallest absolute Gasteiger partial charge is 0.258 e. The number of fused-ring (bicyclic) bond motifs is 1. The van der Waals surface area contributed by atoms with Gasteiger partial charge in [-0.05, 0) is 32.9 Å². The van der Waals surface area contributed by atoms with E-state index in [1.165, 1.54) is 0 Å². The molecule has 0 bridgehead atoms. The minimum Gasteiger partial charge on any atom is -0.467 e. The first-order chi connectivity index (χ1) is 11.3. The molecule has 0 radical (unpaired) electrons.